The highest BCUT2D eigenvalue weighted by molar-refractivity contribution is 4.81. The molecule has 0 saturated carbocycles. The molecular weight excluding hydrogens is 112 g/mol. The van der Waals surface area contributed by atoms with E-state index >= 15 is 0 Å². The molecule has 1 nitrogen and oxygen atoms in total. The maximum absolute atomic E-state index is 9.07. The highest BCUT2D eigenvalue weighted by atomic mass is 16.3. The van der Waals surface area contributed by atoms with E-state index in [0.717, 1.165) is 0 Å². The summed E-state index contributed by atoms with van der Waals surface area (Å²) in [7, 11) is 0. The van der Waals surface area contributed by atoms with Gasteiger partial charge in [0.1, 0.15) is 0 Å². The van der Waals surface area contributed by atoms with Gasteiger partial charge in [0.2, 0.25) is 0 Å². The molecule has 0 aromatic rings. The fourth-order valence-corrected chi connectivity index (χ4v) is 0.654. The second kappa shape index (κ2) is 3.67. The zero-order chi connectivity index (χ0) is 7.44. The van der Waals surface area contributed by atoms with Crippen molar-refractivity contribution in [3.63, 3.8) is 0 Å². The molecule has 9 heavy (non-hydrogen) atoms. The van der Waals surface area contributed by atoms with Crippen molar-refractivity contribution >= 4 is 0 Å². The van der Waals surface area contributed by atoms with Crippen LogP contribution in [0.15, 0.2) is 12.7 Å². The Bertz CT molecular complexity index is 86.6. The van der Waals surface area contributed by atoms with Gasteiger partial charge in [-0.3, -0.25) is 0 Å². The summed E-state index contributed by atoms with van der Waals surface area (Å²) in [4.78, 5) is 0. The third-order valence-electron chi connectivity index (χ3n) is 1.96. The summed E-state index contributed by atoms with van der Waals surface area (Å²) in [5.74, 6) is 0.729. The molecule has 1 N–H and O–H groups in total. The Hall–Kier alpha value is -0.300. The number of hydrogen-bond donors (Lipinski definition) is 1. The molecule has 0 heterocycles. The van der Waals surface area contributed by atoms with Crippen LogP contribution in [0.25, 0.3) is 0 Å². The van der Waals surface area contributed by atoms with Crippen molar-refractivity contribution in [1.82, 2.24) is 0 Å². The Morgan fingerprint density at radius 3 is 1.89 bits per heavy atom. The molecule has 1 heteroatoms. The minimum Gasteiger partial charge on any atom is -0.393 e. The monoisotopic (exact) mass is 128 g/mol. The molecule has 0 fully saturated rings. The first-order valence-electron chi connectivity index (χ1n) is 3.40. The van der Waals surface area contributed by atoms with Crippen molar-refractivity contribution in [3.05, 3.63) is 12.7 Å². The Balaban J connectivity index is 3.71. The van der Waals surface area contributed by atoms with E-state index in [1.165, 1.54) is 0 Å². The van der Waals surface area contributed by atoms with Crippen LogP contribution in [0.4, 0.5) is 0 Å². The van der Waals surface area contributed by atoms with E-state index in [0.29, 0.717) is 11.8 Å². The van der Waals surface area contributed by atoms with Gasteiger partial charge in [-0.1, -0.05) is 19.9 Å². The number of aliphatic hydroxyl groups excluding tert-OH is 1. The second-order valence-electron chi connectivity index (χ2n) is 2.69. The molecule has 54 valence electrons. The quantitative estimate of drug-likeness (QED) is 0.575. The maximum atomic E-state index is 9.07. The van der Waals surface area contributed by atoms with Crippen molar-refractivity contribution in [2.75, 3.05) is 0 Å². The first kappa shape index (κ1) is 8.70. The van der Waals surface area contributed by atoms with Crippen LogP contribution in [-0.4, -0.2) is 11.2 Å². The third kappa shape index (κ3) is 2.66. The second-order valence-corrected chi connectivity index (χ2v) is 2.69. The lowest BCUT2D eigenvalue weighted by Gasteiger charge is -2.18. The SMILES string of the molecule is C=C[C@H](C)[C@@H](C)[C@@H](C)O. The van der Waals surface area contributed by atoms with Crippen LogP contribution in [0.3, 0.4) is 0 Å². The average Bonchev–Trinajstić information content (AvgIpc) is 1.84. The molecule has 0 rings (SSSR count). The summed E-state index contributed by atoms with van der Waals surface area (Å²) in [5, 5.41) is 9.07. The zero-order valence-corrected chi connectivity index (χ0v) is 6.46. The van der Waals surface area contributed by atoms with Gasteiger partial charge in [0.15, 0.2) is 0 Å². The molecule has 0 aliphatic heterocycles. The molecule has 0 aromatic carbocycles. The molecule has 0 bridgehead atoms. The normalized spacial score (nSPS) is 20.4. The van der Waals surface area contributed by atoms with E-state index in [2.05, 4.69) is 13.5 Å². The van der Waals surface area contributed by atoms with Gasteiger partial charge >= 0.3 is 0 Å². The van der Waals surface area contributed by atoms with Gasteiger partial charge in [0, 0.05) is 0 Å². The lowest BCUT2D eigenvalue weighted by molar-refractivity contribution is 0.116. The standard InChI is InChI=1S/C8H16O/c1-5-6(2)7(3)8(4)9/h5-9H,1H2,2-4H3/t6-,7+,8+/m0/s1. The van der Waals surface area contributed by atoms with Crippen LogP contribution in [0.2, 0.25) is 0 Å². The first-order valence-corrected chi connectivity index (χ1v) is 3.40. The molecule has 0 saturated heterocycles. The van der Waals surface area contributed by atoms with Crippen molar-refractivity contribution in [1.29, 1.82) is 0 Å². The molecule has 0 unspecified atom stereocenters. The van der Waals surface area contributed by atoms with Crippen LogP contribution in [0, 0.1) is 11.8 Å². The van der Waals surface area contributed by atoms with Gasteiger partial charge in [-0.2, -0.15) is 0 Å². The smallest absolute Gasteiger partial charge is 0.0543 e. The van der Waals surface area contributed by atoms with Gasteiger partial charge in [-0.25, -0.2) is 0 Å². The molecule has 3 atom stereocenters. The molecule has 0 aliphatic rings. The number of hydrogen-bond acceptors (Lipinski definition) is 1. The van der Waals surface area contributed by atoms with E-state index in [1.54, 1.807) is 0 Å². The average molecular weight is 128 g/mol. The van der Waals surface area contributed by atoms with Gasteiger partial charge in [-0.05, 0) is 18.8 Å². The van der Waals surface area contributed by atoms with Crippen LogP contribution < -0.4 is 0 Å². The number of allylic oxidation sites excluding steroid dienone is 1. The minimum atomic E-state index is -0.224. The predicted octanol–water partition coefficient (Wildman–Crippen LogP) is 1.83. The lowest BCUT2D eigenvalue weighted by atomic mass is 9.92. The van der Waals surface area contributed by atoms with Gasteiger partial charge in [0.05, 0.1) is 6.10 Å². The minimum absolute atomic E-state index is 0.224. The van der Waals surface area contributed by atoms with Crippen LogP contribution in [-0.2, 0) is 0 Å². The number of aliphatic hydroxyl groups is 1. The van der Waals surface area contributed by atoms with Crippen molar-refractivity contribution in [2.45, 2.75) is 26.9 Å². The third-order valence-corrected chi connectivity index (χ3v) is 1.96. The first-order chi connectivity index (χ1) is 4.09. The Kier molecular flexibility index (Phi) is 3.55. The van der Waals surface area contributed by atoms with Gasteiger partial charge in [0.25, 0.3) is 0 Å². The largest absolute Gasteiger partial charge is 0.393 e. The molecule has 0 amide bonds. The molecule has 0 spiro atoms. The Morgan fingerprint density at radius 1 is 1.33 bits per heavy atom. The van der Waals surface area contributed by atoms with E-state index < -0.39 is 0 Å². The van der Waals surface area contributed by atoms with Crippen molar-refractivity contribution in [2.24, 2.45) is 11.8 Å². The summed E-state index contributed by atoms with van der Waals surface area (Å²) in [6.45, 7) is 9.55. The summed E-state index contributed by atoms with van der Waals surface area (Å²) in [6.07, 6.45) is 1.65. The topological polar surface area (TPSA) is 20.2 Å². The van der Waals surface area contributed by atoms with Gasteiger partial charge in [-0.15, -0.1) is 6.58 Å². The molecule has 0 radical (unpaired) electrons. The summed E-state index contributed by atoms with van der Waals surface area (Å²) in [5.41, 5.74) is 0. The van der Waals surface area contributed by atoms with Crippen LogP contribution in [0.1, 0.15) is 20.8 Å². The highest BCUT2D eigenvalue weighted by Gasteiger charge is 2.13. The summed E-state index contributed by atoms with van der Waals surface area (Å²) >= 11 is 0. The maximum Gasteiger partial charge on any atom is 0.0543 e. The van der Waals surface area contributed by atoms with Crippen molar-refractivity contribution in [3.8, 4) is 0 Å². The van der Waals surface area contributed by atoms with Crippen LogP contribution in [0.5, 0.6) is 0 Å². The lowest BCUT2D eigenvalue weighted by Crippen LogP contribution is -2.18. The highest BCUT2D eigenvalue weighted by Crippen LogP contribution is 2.14. The fraction of sp³-hybridized carbons (Fsp3) is 0.750. The number of rotatable bonds is 3. The zero-order valence-electron chi connectivity index (χ0n) is 6.46. The van der Waals surface area contributed by atoms with Gasteiger partial charge < -0.3 is 5.11 Å². The van der Waals surface area contributed by atoms with Crippen molar-refractivity contribution < 1.29 is 5.11 Å². The summed E-state index contributed by atoms with van der Waals surface area (Å²) in [6, 6.07) is 0. The van der Waals surface area contributed by atoms with E-state index in [-0.39, 0.29) is 6.10 Å². The molecular formula is C8H16O. The van der Waals surface area contributed by atoms with E-state index in [4.69, 9.17) is 5.11 Å². The molecule has 0 aromatic heterocycles. The predicted molar refractivity (Wildman–Crippen MR) is 40.2 cm³/mol. The van der Waals surface area contributed by atoms with E-state index in [9.17, 15) is 0 Å². The fourth-order valence-electron chi connectivity index (χ4n) is 0.654. The van der Waals surface area contributed by atoms with E-state index in [1.807, 2.05) is 19.9 Å². The Morgan fingerprint density at radius 2 is 1.78 bits per heavy atom. The Labute approximate surface area is 57.4 Å². The summed E-state index contributed by atoms with van der Waals surface area (Å²) < 4.78 is 0. The molecule has 0 aliphatic carbocycles. The van der Waals surface area contributed by atoms with Crippen LogP contribution >= 0.6 is 0 Å².